The van der Waals surface area contributed by atoms with E-state index in [1.165, 1.54) is 30.0 Å². The summed E-state index contributed by atoms with van der Waals surface area (Å²) in [6.45, 7) is 1.40. The first-order valence-electron chi connectivity index (χ1n) is 7.66. The van der Waals surface area contributed by atoms with Crippen molar-refractivity contribution in [3.05, 3.63) is 50.3 Å². The van der Waals surface area contributed by atoms with E-state index < -0.39 is 28.4 Å². The van der Waals surface area contributed by atoms with Gasteiger partial charge >= 0.3 is 5.97 Å². The number of aromatic amines is 1. The number of hydrogen-bond acceptors (Lipinski definition) is 5. The van der Waals surface area contributed by atoms with Crippen molar-refractivity contribution in [1.82, 2.24) is 9.88 Å². The summed E-state index contributed by atoms with van der Waals surface area (Å²) in [4.78, 5) is 50.3. The normalized spacial score (nSPS) is 14.9. The van der Waals surface area contributed by atoms with Gasteiger partial charge in [0.15, 0.2) is 0 Å². The van der Waals surface area contributed by atoms with Gasteiger partial charge in [-0.25, -0.2) is 4.79 Å². The van der Waals surface area contributed by atoms with Crippen LogP contribution < -0.4 is 5.56 Å². The molecule has 9 nitrogen and oxygen atoms in total. The predicted molar refractivity (Wildman–Crippen MR) is 87.5 cm³/mol. The van der Waals surface area contributed by atoms with Gasteiger partial charge in [-0.15, -0.1) is 0 Å². The standard InChI is InChI=1S/C16H15N3O6/c1-8(16(22)23)18(9-2-3-9)15(21)12-7-14(20)17-13-5-4-10(19(24)25)6-11(12)13/h4-9H,2-3H2,1H3,(H,17,20)(H,22,23). The molecule has 0 radical (unpaired) electrons. The average molecular weight is 345 g/mol. The molecule has 25 heavy (non-hydrogen) atoms. The number of non-ortho nitro benzene ring substituents is 1. The number of H-pyrrole nitrogens is 1. The number of hydrogen-bond donors (Lipinski definition) is 2. The number of nitro groups is 1. The summed E-state index contributed by atoms with van der Waals surface area (Å²) < 4.78 is 0. The minimum atomic E-state index is -1.15. The molecule has 9 heteroatoms. The van der Waals surface area contributed by atoms with Gasteiger partial charge in [0.25, 0.3) is 11.6 Å². The van der Waals surface area contributed by atoms with Crippen molar-refractivity contribution in [2.75, 3.05) is 0 Å². The first-order valence-corrected chi connectivity index (χ1v) is 7.66. The van der Waals surface area contributed by atoms with E-state index in [2.05, 4.69) is 4.98 Å². The van der Waals surface area contributed by atoms with Gasteiger partial charge < -0.3 is 15.0 Å². The molecular formula is C16H15N3O6. The van der Waals surface area contributed by atoms with Gasteiger partial charge in [0, 0.05) is 35.1 Å². The van der Waals surface area contributed by atoms with Crippen molar-refractivity contribution in [2.45, 2.75) is 31.8 Å². The maximum Gasteiger partial charge on any atom is 0.326 e. The first kappa shape index (κ1) is 16.6. The second-order valence-corrected chi connectivity index (χ2v) is 5.99. The smallest absolute Gasteiger partial charge is 0.326 e. The van der Waals surface area contributed by atoms with Gasteiger partial charge in [-0.1, -0.05) is 0 Å². The highest BCUT2D eigenvalue weighted by atomic mass is 16.6. The third kappa shape index (κ3) is 3.08. The minimum Gasteiger partial charge on any atom is -0.480 e. The van der Waals surface area contributed by atoms with E-state index in [0.29, 0.717) is 12.8 Å². The molecule has 1 aliphatic carbocycles. The van der Waals surface area contributed by atoms with Gasteiger partial charge in [-0.2, -0.15) is 0 Å². The average Bonchev–Trinajstić information content (AvgIpc) is 3.38. The molecule has 1 aromatic heterocycles. The fraction of sp³-hybridized carbons (Fsp3) is 0.312. The van der Waals surface area contributed by atoms with E-state index in [0.717, 1.165) is 6.07 Å². The summed E-state index contributed by atoms with van der Waals surface area (Å²) in [5.41, 5.74) is -0.524. The number of carbonyl (C=O) groups is 2. The van der Waals surface area contributed by atoms with Crippen LogP contribution in [-0.2, 0) is 4.79 Å². The quantitative estimate of drug-likeness (QED) is 0.623. The molecule has 0 saturated heterocycles. The van der Waals surface area contributed by atoms with E-state index in [4.69, 9.17) is 0 Å². The molecule has 1 atom stereocenters. The van der Waals surface area contributed by atoms with Gasteiger partial charge in [0.2, 0.25) is 5.56 Å². The number of carboxylic acids is 1. The lowest BCUT2D eigenvalue weighted by Gasteiger charge is -2.26. The number of rotatable bonds is 5. The Balaban J connectivity index is 2.17. The zero-order valence-corrected chi connectivity index (χ0v) is 13.3. The zero-order valence-electron chi connectivity index (χ0n) is 13.3. The van der Waals surface area contributed by atoms with Crippen LogP contribution in [-0.4, -0.2) is 43.9 Å². The summed E-state index contributed by atoms with van der Waals surface area (Å²) in [5.74, 6) is -1.77. The number of carboxylic acid groups (broad SMARTS) is 1. The third-order valence-corrected chi connectivity index (χ3v) is 4.22. The molecule has 1 aromatic carbocycles. The van der Waals surface area contributed by atoms with Crippen LogP contribution in [0.15, 0.2) is 29.1 Å². The molecule has 1 amide bonds. The molecule has 2 aromatic rings. The zero-order chi connectivity index (χ0) is 18.3. The highest BCUT2D eigenvalue weighted by molar-refractivity contribution is 6.07. The molecule has 3 rings (SSSR count). The molecule has 130 valence electrons. The number of nitro benzene ring substituents is 1. The number of aromatic nitrogens is 1. The largest absolute Gasteiger partial charge is 0.480 e. The number of nitrogens with zero attached hydrogens (tertiary/aromatic N) is 2. The van der Waals surface area contributed by atoms with Crippen molar-refractivity contribution in [1.29, 1.82) is 0 Å². The Morgan fingerprint density at radius 2 is 2.04 bits per heavy atom. The van der Waals surface area contributed by atoms with Crippen molar-refractivity contribution in [3.63, 3.8) is 0 Å². The van der Waals surface area contributed by atoms with Crippen LogP contribution in [0, 0.1) is 10.1 Å². The summed E-state index contributed by atoms with van der Waals surface area (Å²) in [7, 11) is 0. The highest BCUT2D eigenvalue weighted by Gasteiger charge is 2.39. The van der Waals surface area contributed by atoms with E-state index in [1.807, 2.05) is 0 Å². The Morgan fingerprint density at radius 3 is 2.60 bits per heavy atom. The Kier molecular flexibility index (Phi) is 3.99. The van der Waals surface area contributed by atoms with Gasteiger partial charge in [-0.3, -0.25) is 19.7 Å². The molecule has 1 heterocycles. The summed E-state index contributed by atoms with van der Waals surface area (Å²) in [6.07, 6.45) is 1.37. The topological polar surface area (TPSA) is 134 Å². The van der Waals surface area contributed by atoms with Gasteiger partial charge in [0.05, 0.1) is 10.5 Å². The minimum absolute atomic E-state index is 0.0394. The van der Waals surface area contributed by atoms with Crippen LogP contribution >= 0.6 is 0 Å². The monoisotopic (exact) mass is 345 g/mol. The molecule has 1 unspecified atom stereocenters. The second kappa shape index (κ2) is 6.00. The summed E-state index contributed by atoms with van der Waals surface area (Å²) in [6, 6.07) is 3.58. The second-order valence-electron chi connectivity index (χ2n) is 5.99. The molecule has 1 aliphatic rings. The SMILES string of the molecule is CC(C(=O)O)N(C(=O)c1cc(=O)[nH]c2ccc([N+](=O)[O-])cc12)C1CC1. The van der Waals surface area contributed by atoms with Crippen molar-refractivity contribution in [2.24, 2.45) is 0 Å². The highest BCUT2D eigenvalue weighted by Crippen LogP contribution is 2.31. The fourth-order valence-corrected chi connectivity index (χ4v) is 2.80. The molecule has 0 aliphatic heterocycles. The Labute approximate surface area is 141 Å². The molecule has 1 saturated carbocycles. The number of fused-ring (bicyclic) bond motifs is 1. The van der Waals surface area contributed by atoms with Crippen LogP contribution in [0.25, 0.3) is 10.9 Å². The molecule has 0 spiro atoms. The van der Waals surface area contributed by atoms with E-state index in [9.17, 15) is 29.6 Å². The van der Waals surface area contributed by atoms with Gasteiger partial charge in [-0.05, 0) is 25.8 Å². The van der Waals surface area contributed by atoms with Crippen LogP contribution in [0.5, 0.6) is 0 Å². The number of nitrogens with one attached hydrogen (secondary N) is 1. The van der Waals surface area contributed by atoms with Crippen LogP contribution in [0.3, 0.4) is 0 Å². The lowest BCUT2D eigenvalue weighted by Crippen LogP contribution is -2.45. The van der Waals surface area contributed by atoms with Crippen LogP contribution in [0.1, 0.15) is 30.1 Å². The molecule has 1 fully saturated rings. The van der Waals surface area contributed by atoms with Gasteiger partial charge in [0.1, 0.15) is 6.04 Å². The molecule has 0 bridgehead atoms. The van der Waals surface area contributed by atoms with E-state index >= 15 is 0 Å². The molecule has 2 N–H and O–H groups in total. The predicted octanol–water partition coefficient (Wildman–Crippen LogP) is 1.51. The number of benzene rings is 1. The van der Waals surface area contributed by atoms with Crippen molar-refractivity contribution >= 4 is 28.5 Å². The van der Waals surface area contributed by atoms with E-state index in [1.54, 1.807) is 0 Å². The maximum absolute atomic E-state index is 13.0. The van der Waals surface area contributed by atoms with Crippen molar-refractivity contribution < 1.29 is 19.6 Å². The lowest BCUT2D eigenvalue weighted by molar-refractivity contribution is -0.384. The third-order valence-electron chi connectivity index (χ3n) is 4.22. The number of carbonyl (C=O) groups excluding carboxylic acids is 1. The number of amides is 1. The van der Waals surface area contributed by atoms with Crippen LogP contribution in [0.4, 0.5) is 5.69 Å². The molecular weight excluding hydrogens is 330 g/mol. The Morgan fingerprint density at radius 1 is 1.36 bits per heavy atom. The van der Waals surface area contributed by atoms with Crippen LogP contribution in [0.2, 0.25) is 0 Å². The summed E-state index contributed by atoms with van der Waals surface area (Å²) >= 11 is 0. The van der Waals surface area contributed by atoms with E-state index in [-0.39, 0.29) is 28.2 Å². The number of aliphatic carboxylic acids is 1. The summed E-state index contributed by atoms with van der Waals surface area (Å²) in [5, 5.41) is 20.5. The first-order chi connectivity index (χ1) is 11.8. The number of pyridine rings is 1. The Bertz CT molecular complexity index is 947. The Hall–Kier alpha value is -3.23. The fourth-order valence-electron chi connectivity index (χ4n) is 2.80. The maximum atomic E-state index is 13.0. The van der Waals surface area contributed by atoms with Crippen molar-refractivity contribution in [3.8, 4) is 0 Å². The lowest BCUT2D eigenvalue weighted by atomic mass is 10.1.